The molecule has 0 aromatic carbocycles. The second kappa shape index (κ2) is 2.58. The number of hydroxylamine groups is 2. The van der Waals surface area contributed by atoms with Crippen molar-refractivity contribution in [3.05, 3.63) is 7.05 Å². The highest BCUT2D eigenvalue weighted by Crippen LogP contribution is 1.82. The Morgan fingerprint density at radius 3 is 2.43 bits per heavy atom. The van der Waals surface area contributed by atoms with Crippen molar-refractivity contribution in [2.75, 3.05) is 0 Å². The van der Waals surface area contributed by atoms with Crippen molar-refractivity contribution in [2.45, 2.75) is 13.3 Å². The molecule has 0 aromatic heterocycles. The average Bonchev–Trinajstić information content (AvgIpc) is 1.65. The molecule has 41 valence electrons. The zero-order chi connectivity index (χ0) is 5.86. The molecule has 7 heavy (non-hydrogen) atoms. The smallest absolute Gasteiger partial charge is 0.245 e. The molecule has 0 aliphatic heterocycles. The van der Waals surface area contributed by atoms with Gasteiger partial charge in [0, 0.05) is 6.42 Å². The Bertz CT molecular complexity index is 70.1. The molecule has 3 heteroatoms. The van der Waals surface area contributed by atoms with Crippen LogP contribution in [-0.2, 0) is 4.79 Å². The molecule has 1 amide bonds. The number of nitrogens with zero attached hydrogens (tertiary/aromatic N) is 1. The second-order valence-electron chi connectivity index (χ2n) is 1.15. The number of hydrogen-bond acceptors (Lipinski definition) is 2. The van der Waals surface area contributed by atoms with E-state index in [-0.39, 0.29) is 5.91 Å². The predicted molar refractivity (Wildman–Crippen MR) is 24.3 cm³/mol. The average molecular weight is 102 g/mol. The van der Waals surface area contributed by atoms with E-state index in [2.05, 4.69) is 7.05 Å². The summed E-state index contributed by atoms with van der Waals surface area (Å²) in [5, 5.41) is 8.53. The molecular formula is C4H8NO2. The summed E-state index contributed by atoms with van der Waals surface area (Å²) in [6.45, 7) is 1.65. The SMILES string of the molecule is [CH2]N(O)C(=O)CC. The standard InChI is InChI=1S/C4H8NO2/c1-3-4(6)5(2)7/h7H,2-3H2,1H3. The van der Waals surface area contributed by atoms with E-state index in [4.69, 9.17) is 5.21 Å². The summed E-state index contributed by atoms with van der Waals surface area (Å²) in [6.07, 6.45) is 0.292. The molecule has 0 fully saturated rings. The van der Waals surface area contributed by atoms with Crippen molar-refractivity contribution in [2.24, 2.45) is 0 Å². The van der Waals surface area contributed by atoms with Crippen molar-refractivity contribution in [1.29, 1.82) is 0 Å². The van der Waals surface area contributed by atoms with Crippen LogP contribution in [0.5, 0.6) is 0 Å². The maximum Gasteiger partial charge on any atom is 0.245 e. The summed E-state index contributed by atoms with van der Waals surface area (Å²) in [7, 11) is 2.95. The van der Waals surface area contributed by atoms with Crippen molar-refractivity contribution in [3.8, 4) is 0 Å². The third-order valence-electron chi connectivity index (χ3n) is 0.590. The highest BCUT2D eigenvalue weighted by Gasteiger charge is 1.97. The molecule has 0 heterocycles. The van der Waals surface area contributed by atoms with Crippen LogP contribution in [0, 0.1) is 7.05 Å². The summed E-state index contributed by atoms with van der Waals surface area (Å²) >= 11 is 0. The van der Waals surface area contributed by atoms with Crippen LogP contribution in [0.25, 0.3) is 0 Å². The van der Waals surface area contributed by atoms with Crippen LogP contribution in [0.4, 0.5) is 0 Å². The van der Waals surface area contributed by atoms with Crippen LogP contribution in [0.15, 0.2) is 0 Å². The van der Waals surface area contributed by atoms with Gasteiger partial charge in [-0.15, -0.1) is 0 Å². The van der Waals surface area contributed by atoms with E-state index in [0.717, 1.165) is 0 Å². The lowest BCUT2D eigenvalue weighted by atomic mass is 10.5. The molecule has 0 rings (SSSR count). The molecule has 0 bridgehead atoms. The largest absolute Gasteiger partial charge is 0.286 e. The number of carbonyl (C=O) groups excluding carboxylic acids is 1. The van der Waals surface area contributed by atoms with Crippen LogP contribution in [0.1, 0.15) is 13.3 Å². The van der Waals surface area contributed by atoms with Crippen LogP contribution in [0.3, 0.4) is 0 Å². The quantitative estimate of drug-likeness (QED) is 0.384. The van der Waals surface area contributed by atoms with Crippen LogP contribution in [-0.4, -0.2) is 16.2 Å². The van der Waals surface area contributed by atoms with Gasteiger partial charge in [-0.1, -0.05) is 6.92 Å². The number of rotatable bonds is 1. The van der Waals surface area contributed by atoms with Gasteiger partial charge in [-0.2, -0.15) is 0 Å². The lowest BCUT2D eigenvalue weighted by molar-refractivity contribution is -0.154. The van der Waals surface area contributed by atoms with Crippen molar-refractivity contribution in [3.63, 3.8) is 0 Å². The van der Waals surface area contributed by atoms with Gasteiger partial charge in [-0.3, -0.25) is 10.0 Å². The Hall–Kier alpha value is -0.570. The Kier molecular flexibility index (Phi) is 2.37. The molecule has 3 nitrogen and oxygen atoms in total. The van der Waals surface area contributed by atoms with Gasteiger partial charge in [0.15, 0.2) is 0 Å². The number of hydrogen-bond donors (Lipinski definition) is 1. The van der Waals surface area contributed by atoms with Gasteiger partial charge in [-0.25, -0.2) is 5.06 Å². The van der Waals surface area contributed by atoms with E-state index in [1.165, 1.54) is 0 Å². The van der Waals surface area contributed by atoms with Gasteiger partial charge < -0.3 is 0 Å². The highest BCUT2D eigenvalue weighted by atomic mass is 16.5. The van der Waals surface area contributed by atoms with E-state index in [1.807, 2.05) is 0 Å². The second-order valence-corrected chi connectivity index (χ2v) is 1.15. The summed E-state index contributed by atoms with van der Waals surface area (Å²) < 4.78 is 0. The highest BCUT2D eigenvalue weighted by molar-refractivity contribution is 5.74. The first-order valence-electron chi connectivity index (χ1n) is 2.00. The molecule has 0 spiro atoms. The normalized spacial score (nSPS) is 8.43. The first kappa shape index (κ1) is 6.43. The fraction of sp³-hybridized carbons (Fsp3) is 0.500. The zero-order valence-corrected chi connectivity index (χ0v) is 4.22. The topological polar surface area (TPSA) is 40.5 Å². The van der Waals surface area contributed by atoms with Crippen LogP contribution in [0.2, 0.25) is 0 Å². The zero-order valence-electron chi connectivity index (χ0n) is 4.22. The minimum atomic E-state index is -0.375. The minimum Gasteiger partial charge on any atom is -0.286 e. The third kappa shape index (κ3) is 2.17. The maximum atomic E-state index is 10.1. The van der Waals surface area contributed by atoms with Crippen molar-refractivity contribution >= 4 is 5.91 Å². The van der Waals surface area contributed by atoms with Crippen molar-refractivity contribution < 1.29 is 10.0 Å². The molecule has 0 saturated heterocycles. The molecule has 1 radical (unpaired) electrons. The first-order valence-corrected chi connectivity index (χ1v) is 2.00. The summed E-state index contributed by atoms with van der Waals surface area (Å²) in [4.78, 5) is 10.1. The molecular weight excluding hydrogens is 94.0 g/mol. The summed E-state index contributed by atoms with van der Waals surface area (Å²) in [6, 6.07) is 0. The molecule has 0 saturated carbocycles. The van der Waals surface area contributed by atoms with E-state index in [0.29, 0.717) is 11.5 Å². The Balaban J connectivity index is 3.35. The molecule has 0 aromatic rings. The fourth-order valence-electron chi connectivity index (χ4n) is 0.183. The number of amides is 1. The summed E-state index contributed by atoms with van der Waals surface area (Å²) in [5.74, 6) is -0.375. The molecule has 0 aliphatic carbocycles. The first-order chi connectivity index (χ1) is 3.18. The molecule has 0 unspecified atom stereocenters. The monoisotopic (exact) mass is 102 g/mol. The predicted octanol–water partition coefficient (Wildman–Crippen LogP) is 0.406. The Labute approximate surface area is 42.5 Å². The van der Waals surface area contributed by atoms with E-state index in [9.17, 15) is 4.79 Å². The summed E-state index contributed by atoms with van der Waals surface area (Å²) in [5.41, 5.74) is 0. The van der Waals surface area contributed by atoms with E-state index < -0.39 is 0 Å². The van der Waals surface area contributed by atoms with Gasteiger partial charge in [0.25, 0.3) is 0 Å². The Morgan fingerprint density at radius 2 is 2.43 bits per heavy atom. The van der Waals surface area contributed by atoms with Gasteiger partial charge >= 0.3 is 0 Å². The van der Waals surface area contributed by atoms with Crippen LogP contribution < -0.4 is 0 Å². The Morgan fingerprint density at radius 1 is 2.00 bits per heavy atom. The van der Waals surface area contributed by atoms with Gasteiger partial charge in [0.05, 0.1) is 7.05 Å². The maximum absolute atomic E-state index is 10.1. The number of carbonyl (C=O) groups is 1. The third-order valence-corrected chi connectivity index (χ3v) is 0.590. The lowest BCUT2D eigenvalue weighted by Gasteiger charge is -2.02. The molecule has 0 atom stereocenters. The van der Waals surface area contributed by atoms with Gasteiger partial charge in [0.2, 0.25) is 5.91 Å². The minimum absolute atomic E-state index is 0.292. The molecule has 0 aliphatic rings. The van der Waals surface area contributed by atoms with Gasteiger partial charge in [0.1, 0.15) is 0 Å². The lowest BCUT2D eigenvalue weighted by Crippen LogP contribution is -2.18. The van der Waals surface area contributed by atoms with E-state index in [1.54, 1.807) is 6.92 Å². The van der Waals surface area contributed by atoms with Gasteiger partial charge in [-0.05, 0) is 0 Å². The van der Waals surface area contributed by atoms with E-state index >= 15 is 0 Å². The van der Waals surface area contributed by atoms with Crippen molar-refractivity contribution in [1.82, 2.24) is 5.06 Å². The van der Waals surface area contributed by atoms with Crippen LogP contribution >= 0.6 is 0 Å². The molecule has 1 N–H and O–H groups in total. The fourth-order valence-corrected chi connectivity index (χ4v) is 0.183.